The average molecular weight is 368 g/mol. The second-order valence-electron chi connectivity index (χ2n) is 5.73. The minimum Gasteiger partial charge on any atom is -0.497 e. The smallest absolute Gasteiger partial charge is 0.229 e. The van der Waals surface area contributed by atoms with Gasteiger partial charge in [-0.15, -0.1) is 11.3 Å². The third kappa shape index (κ3) is 4.83. The van der Waals surface area contributed by atoms with Gasteiger partial charge in [-0.3, -0.25) is 4.79 Å². The van der Waals surface area contributed by atoms with Crippen LogP contribution >= 0.6 is 11.3 Å². The molecule has 0 aliphatic heterocycles. The monoisotopic (exact) mass is 368 g/mol. The molecule has 134 valence electrons. The number of nitrogens with zero attached hydrogens (tertiary/aromatic N) is 1. The zero-order chi connectivity index (χ0) is 18.4. The first kappa shape index (κ1) is 17.9. The van der Waals surface area contributed by atoms with Gasteiger partial charge in [-0.25, -0.2) is 4.98 Å². The van der Waals surface area contributed by atoms with Crippen LogP contribution in [0, 0.1) is 6.92 Å². The SMILES string of the molecule is COc1ccc(-c2csc(NC(=O)CCOc3cccc(C)c3)n2)cc1. The number of thiazole rings is 1. The summed E-state index contributed by atoms with van der Waals surface area (Å²) in [5.74, 6) is 1.45. The maximum Gasteiger partial charge on any atom is 0.229 e. The van der Waals surface area contributed by atoms with Gasteiger partial charge in [0.25, 0.3) is 0 Å². The van der Waals surface area contributed by atoms with Crippen molar-refractivity contribution in [2.24, 2.45) is 0 Å². The van der Waals surface area contributed by atoms with Crippen LogP contribution in [-0.2, 0) is 4.79 Å². The van der Waals surface area contributed by atoms with Crippen molar-refractivity contribution in [1.82, 2.24) is 4.98 Å². The first-order valence-corrected chi connectivity index (χ1v) is 9.11. The van der Waals surface area contributed by atoms with Gasteiger partial charge in [-0.2, -0.15) is 0 Å². The number of benzene rings is 2. The van der Waals surface area contributed by atoms with Gasteiger partial charge in [-0.05, 0) is 48.9 Å². The number of nitrogens with one attached hydrogen (secondary N) is 1. The van der Waals surface area contributed by atoms with E-state index in [1.807, 2.05) is 60.8 Å². The summed E-state index contributed by atoms with van der Waals surface area (Å²) in [5.41, 5.74) is 2.93. The number of aromatic nitrogens is 1. The van der Waals surface area contributed by atoms with Crippen molar-refractivity contribution in [2.75, 3.05) is 19.0 Å². The highest BCUT2D eigenvalue weighted by Gasteiger charge is 2.09. The van der Waals surface area contributed by atoms with Crippen molar-refractivity contribution in [1.29, 1.82) is 0 Å². The van der Waals surface area contributed by atoms with Crippen LogP contribution in [0.5, 0.6) is 11.5 Å². The molecule has 0 aliphatic carbocycles. The van der Waals surface area contributed by atoms with Gasteiger partial charge in [0.1, 0.15) is 11.5 Å². The Balaban J connectivity index is 1.50. The van der Waals surface area contributed by atoms with E-state index in [-0.39, 0.29) is 12.3 Å². The molecule has 3 rings (SSSR count). The van der Waals surface area contributed by atoms with Crippen LogP contribution in [0.3, 0.4) is 0 Å². The van der Waals surface area contributed by atoms with Crippen LogP contribution in [0.25, 0.3) is 11.3 Å². The number of hydrogen-bond donors (Lipinski definition) is 1. The second-order valence-corrected chi connectivity index (χ2v) is 6.59. The van der Waals surface area contributed by atoms with Crippen molar-refractivity contribution >= 4 is 22.4 Å². The molecule has 0 aliphatic rings. The molecule has 1 N–H and O–H groups in total. The summed E-state index contributed by atoms with van der Waals surface area (Å²) in [4.78, 5) is 16.5. The van der Waals surface area contributed by atoms with E-state index < -0.39 is 0 Å². The first-order chi connectivity index (χ1) is 12.6. The number of methoxy groups -OCH3 is 1. The highest BCUT2D eigenvalue weighted by atomic mass is 32.1. The third-order valence-electron chi connectivity index (χ3n) is 3.72. The maximum absolute atomic E-state index is 12.1. The predicted molar refractivity (Wildman–Crippen MR) is 104 cm³/mol. The Morgan fingerprint density at radius 1 is 1.15 bits per heavy atom. The topological polar surface area (TPSA) is 60.5 Å². The van der Waals surface area contributed by atoms with Gasteiger partial charge in [-0.1, -0.05) is 12.1 Å². The van der Waals surface area contributed by atoms with Crippen LogP contribution in [0.15, 0.2) is 53.9 Å². The molecule has 6 heteroatoms. The average Bonchev–Trinajstić information content (AvgIpc) is 3.10. The van der Waals surface area contributed by atoms with Gasteiger partial charge in [0, 0.05) is 10.9 Å². The van der Waals surface area contributed by atoms with Crippen molar-refractivity contribution in [3.8, 4) is 22.8 Å². The standard InChI is InChI=1S/C20H20N2O3S/c1-14-4-3-5-17(12-14)25-11-10-19(23)22-20-21-18(13-26-20)15-6-8-16(24-2)9-7-15/h3-9,12-13H,10-11H2,1-2H3,(H,21,22,23). The van der Waals surface area contributed by atoms with Crippen LogP contribution in [-0.4, -0.2) is 24.6 Å². The molecular formula is C20H20N2O3S. The second kappa shape index (κ2) is 8.49. The lowest BCUT2D eigenvalue weighted by molar-refractivity contribution is -0.116. The number of amides is 1. The van der Waals surface area contributed by atoms with Crippen LogP contribution < -0.4 is 14.8 Å². The number of carbonyl (C=O) groups is 1. The number of anilines is 1. The Kier molecular flexibility index (Phi) is 5.86. The fourth-order valence-electron chi connectivity index (χ4n) is 2.37. The van der Waals surface area contributed by atoms with Gasteiger partial charge in [0.15, 0.2) is 5.13 Å². The fraction of sp³-hybridized carbons (Fsp3) is 0.200. The Labute approximate surface area is 156 Å². The van der Waals surface area contributed by atoms with E-state index in [0.29, 0.717) is 11.7 Å². The van der Waals surface area contributed by atoms with Crippen molar-refractivity contribution in [3.05, 3.63) is 59.5 Å². The molecule has 0 saturated heterocycles. The molecule has 1 amide bonds. The first-order valence-electron chi connectivity index (χ1n) is 8.23. The van der Waals surface area contributed by atoms with E-state index in [2.05, 4.69) is 10.3 Å². The molecule has 0 saturated carbocycles. The lowest BCUT2D eigenvalue weighted by Crippen LogP contribution is -2.15. The maximum atomic E-state index is 12.1. The largest absolute Gasteiger partial charge is 0.497 e. The quantitative estimate of drug-likeness (QED) is 0.665. The number of aryl methyl sites for hydroxylation is 1. The highest BCUT2D eigenvalue weighted by molar-refractivity contribution is 7.14. The number of carbonyl (C=O) groups excluding carboxylic acids is 1. The van der Waals surface area contributed by atoms with Crippen molar-refractivity contribution in [2.45, 2.75) is 13.3 Å². The predicted octanol–water partition coefficient (Wildman–Crippen LogP) is 4.53. The minimum absolute atomic E-state index is 0.117. The fourth-order valence-corrected chi connectivity index (χ4v) is 3.11. The van der Waals surface area contributed by atoms with Gasteiger partial charge in [0.05, 0.1) is 25.8 Å². The lowest BCUT2D eigenvalue weighted by atomic mass is 10.2. The van der Waals surface area contributed by atoms with Gasteiger partial charge >= 0.3 is 0 Å². The van der Waals surface area contributed by atoms with E-state index >= 15 is 0 Å². The third-order valence-corrected chi connectivity index (χ3v) is 4.48. The van der Waals surface area contributed by atoms with E-state index in [9.17, 15) is 4.79 Å². The minimum atomic E-state index is -0.117. The van der Waals surface area contributed by atoms with E-state index in [0.717, 1.165) is 28.3 Å². The molecule has 0 atom stereocenters. The zero-order valence-electron chi connectivity index (χ0n) is 14.7. The summed E-state index contributed by atoms with van der Waals surface area (Å²) < 4.78 is 10.8. The number of rotatable bonds is 7. The number of ether oxygens (including phenoxy) is 2. The molecule has 2 aromatic carbocycles. The van der Waals surface area contributed by atoms with Gasteiger partial charge < -0.3 is 14.8 Å². The van der Waals surface area contributed by atoms with E-state index in [1.54, 1.807) is 7.11 Å². The van der Waals surface area contributed by atoms with E-state index in [1.165, 1.54) is 11.3 Å². The molecule has 1 aromatic heterocycles. The van der Waals surface area contributed by atoms with Crippen LogP contribution in [0.1, 0.15) is 12.0 Å². The summed E-state index contributed by atoms with van der Waals surface area (Å²) in [6.45, 7) is 2.33. The Morgan fingerprint density at radius 2 is 1.96 bits per heavy atom. The lowest BCUT2D eigenvalue weighted by Gasteiger charge is -2.06. The molecule has 0 bridgehead atoms. The summed E-state index contributed by atoms with van der Waals surface area (Å²) in [6, 6.07) is 15.4. The van der Waals surface area contributed by atoms with Crippen LogP contribution in [0.4, 0.5) is 5.13 Å². The van der Waals surface area contributed by atoms with Crippen LogP contribution in [0.2, 0.25) is 0 Å². The molecule has 0 spiro atoms. The summed E-state index contributed by atoms with van der Waals surface area (Å²) in [5, 5.41) is 5.31. The molecule has 0 unspecified atom stereocenters. The molecular weight excluding hydrogens is 348 g/mol. The molecule has 5 nitrogen and oxygen atoms in total. The Hall–Kier alpha value is -2.86. The molecule has 3 aromatic rings. The molecule has 26 heavy (non-hydrogen) atoms. The summed E-state index contributed by atoms with van der Waals surface area (Å²) in [7, 11) is 1.63. The van der Waals surface area contributed by atoms with E-state index in [4.69, 9.17) is 9.47 Å². The zero-order valence-corrected chi connectivity index (χ0v) is 15.5. The Bertz CT molecular complexity index is 875. The molecule has 1 heterocycles. The van der Waals surface area contributed by atoms with Crippen molar-refractivity contribution in [3.63, 3.8) is 0 Å². The molecule has 0 fully saturated rings. The Morgan fingerprint density at radius 3 is 2.69 bits per heavy atom. The summed E-state index contributed by atoms with van der Waals surface area (Å²) >= 11 is 1.40. The summed E-state index contributed by atoms with van der Waals surface area (Å²) in [6.07, 6.45) is 0.269. The molecule has 0 radical (unpaired) electrons. The normalized spacial score (nSPS) is 10.4. The highest BCUT2D eigenvalue weighted by Crippen LogP contribution is 2.26. The number of hydrogen-bond acceptors (Lipinski definition) is 5. The van der Waals surface area contributed by atoms with Gasteiger partial charge in [0.2, 0.25) is 5.91 Å². The van der Waals surface area contributed by atoms with Crippen molar-refractivity contribution < 1.29 is 14.3 Å².